The van der Waals surface area contributed by atoms with Gasteiger partial charge in [-0.2, -0.15) is 0 Å². The molecule has 4 heteroatoms. The SMILES string of the molecule is CCOC1CC(NC(C)c2ccc(OC)c(COC)c2)C1. The van der Waals surface area contributed by atoms with E-state index in [2.05, 4.69) is 31.3 Å². The number of hydrogen-bond acceptors (Lipinski definition) is 4. The van der Waals surface area contributed by atoms with Crippen LogP contribution in [0.25, 0.3) is 0 Å². The van der Waals surface area contributed by atoms with E-state index in [-0.39, 0.29) is 0 Å². The van der Waals surface area contributed by atoms with Crippen molar-refractivity contribution >= 4 is 0 Å². The Kier molecular flexibility index (Phi) is 6.03. The highest BCUT2D eigenvalue weighted by Gasteiger charge is 2.30. The zero-order chi connectivity index (χ0) is 15.2. The molecular formula is C17H27NO3. The fraction of sp³-hybridized carbons (Fsp3) is 0.647. The third-order valence-electron chi connectivity index (χ3n) is 4.09. The molecule has 1 N–H and O–H groups in total. The summed E-state index contributed by atoms with van der Waals surface area (Å²) in [4.78, 5) is 0. The van der Waals surface area contributed by atoms with Crippen molar-refractivity contribution in [1.82, 2.24) is 5.32 Å². The molecule has 1 unspecified atom stereocenters. The van der Waals surface area contributed by atoms with Gasteiger partial charge in [-0.25, -0.2) is 0 Å². The highest BCUT2D eigenvalue weighted by Crippen LogP contribution is 2.28. The molecule has 1 aromatic carbocycles. The number of benzene rings is 1. The molecule has 1 aromatic rings. The lowest BCUT2D eigenvalue weighted by Crippen LogP contribution is -2.46. The van der Waals surface area contributed by atoms with Gasteiger partial charge in [0.25, 0.3) is 0 Å². The zero-order valence-electron chi connectivity index (χ0n) is 13.5. The maximum absolute atomic E-state index is 5.60. The molecule has 1 aliphatic rings. The molecule has 4 nitrogen and oxygen atoms in total. The number of rotatable bonds is 8. The van der Waals surface area contributed by atoms with Crippen molar-refractivity contribution in [3.8, 4) is 5.75 Å². The summed E-state index contributed by atoms with van der Waals surface area (Å²) in [7, 11) is 3.40. The first-order valence-electron chi connectivity index (χ1n) is 7.71. The van der Waals surface area contributed by atoms with Gasteiger partial charge in [0.15, 0.2) is 0 Å². The van der Waals surface area contributed by atoms with Crippen molar-refractivity contribution in [1.29, 1.82) is 0 Å². The summed E-state index contributed by atoms with van der Waals surface area (Å²) in [5, 5.41) is 3.67. The predicted octanol–water partition coefficient (Wildman–Crippen LogP) is 3.06. The van der Waals surface area contributed by atoms with E-state index in [0.717, 1.165) is 30.8 Å². The van der Waals surface area contributed by atoms with E-state index in [4.69, 9.17) is 14.2 Å². The lowest BCUT2D eigenvalue weighted by Gasteiger charge is -2.37. The molecule has 0 aliphatic heterocycles. The smallest absolute Gasteiger partial charge is 0.124 e. The molecule has 0 saturated heterocycles. The molecule has 0 amide bonds. The molecule has 0 heterocycles. The van der Waals surface area contributed by atoms with E-state index in [1.807, 2.05) is 6.07 Å². The summed E-state index contributed by atoms with van der Waals surface area (Å²) < 4.78 is 16.2. The molecule has 0 bridgehead atoms. The van der Waals surface area contributed by atoms with Crippen LogP contribution in [0.4, 0.5) is 0 Å². The summed E-state index contributed by atoms with van der Waals surface area (Å²) in [6.07, 6.45) is 2.66. The lowest BCUT2D eigenvalue weighted by molar-refractivity contribution is -0.0120. The zero-order valence-corrected chi connectivity index (χ0v) is 13.5. The van der Waals surface area contributed by atoms with E-state index in [1.165, 1.54) is 5.56 Å². The van der Waals surface area contributed by atoms with Gasteiger partial charge in [-0.3, -0.25) is 0 Å². The minimum atomic E-state index is 0.319. The molecular weight excluding hydrogens is 266 g/mol. The Morgan fingerprint density at radius 2 is 2.05 bits per heavy atom. The molecule has 0 radical (unpaired) electrons. The van der Waals surface area contributed by atoms with Gasteiger partial charge in [-0.15, -0.1) is 0 Å². The topological polar surface area (TPSA) is 39.7 Å². The molecule has 21 heavy (non-hydrogen) atoms. The number of ether oxygens (including phenoxy) is 3. The summed E-state index contributed by atoms with van der Waals surface area (Å²) in [6.45, 7) is 5.63. The van der Waals surface area contributed by atoms with E-state index in [0.29, 0.717) is 24.8 Å². The van der Waals surface area contributed by atoms with E-state index in [9.17, 15) is 0 Å². The van der Waals surface area contributed by atoms with Gasteiger partial charge in [0.2, 0.25) is 0 Å². The van der Waals surface area contributed by atoms with Crippen LogP contribution in [0.15, 0.2) is 18.2 Å². The van der Waals surface area contributed by atoms with Gasteiger partial charge in [0.1, 0.15) is 5.75 Å². The first kappa shape index (κ1) is 16.3. The molecule has 0 aromatic heterocycles. The Hall–Kier alpha value is -1.10. The average Bonchev–Trinajstić information content (AvgIpc) is 2.45. The van der Waals surface area contributed by atoms with Gasteiger partial charge >= 0.3 is 0 Å². The van der Waals surface area contributed by atoms with Gasteiger partial charge < -0.3 is 19.5 Å². The van der Waals surface area contributed by atoms with Crippen LogP contribution in [0.2, 0.25) is 0 Å². The van der Waals surface area contributed by atoms with Crippen LogP contribution in [-0.2, 0) is 16.1 Å². The van der Waals surface area contributed by atoms with Gasteiger partial charge in [-0.1, -0.05) is 6.07 Å². The molecule has 2 rings (SSSR count). The Balaban J connectivity index is 1.93. The third kappa shape index (κ3) is 4.19. The molecule has 0 spiro atoms. The highest BCUT2D eigenvalue weighted by atomic mass is 16.5. The van der Waals surface area contributed by atoms with Crippen LogP contribution < -0.4 is 10.1 Å². The average molecular weight is 293 g/mol. The molecule has 118 valence electrons. The fourth-order valence-corrected chi connectivity index (χ4v) is 2.86. The van der Waals surface area contributed by atoms with Gasteiger partial charge in [0, 0.05) is 31.4 Å². The summed E-state index contributed by atoms with van der Waals surface area (Å²) in [5.74, 6) is 0.882. The Morgan fingerprint density at radius 3 is 2.67 bits per heavy atom. The van der Waals surface area contributed by atoms with Crippen molar-refractivity contribution in [3.63, 3.8) is 0 Å². The largest absolute Gasteiger partial charge is 0.496 e. The van der Waals surface area contributed by atoms with Crippen LogP contribution >= 0.6 is 0 Å². The van der Waals surface area contributed by atoms with Gasteiger partial charge in [-0.05, 0) is 44.4 Å². The molecule has 1 aliphatic carbocycles. The minimum absolute atomic E-state index is 0.319. The number of hydrogen-bond donors (Lipinski definition) is 1. The molecule has 1 saturated carbocycles. The fourth-order valence-electron chi connectivity index (χ4n) is 2.86. The van der Waals surface area contributed by atoms with Crippen LogP contribution in [0.3, 0.4) is 0 Å². The molecule has 1 atom stereocenters. The number of nitrogens with one attached hydrogen (secondary N) is 1. The van der Waals surface area contributed by atoms with Crippen molar-refractivity contribution < 1.29 is 14.2 Å². The van der Waals surface area contributed by atoms with Crippen LogP contribution in [0.1, 0.15) is 43.9 Å². The lowest BCUT2D eigenvalue weighted by atomic mass is 9.88. The Bertz CT molecular complexity index is 444. The normalized spacial score (nSPS) is 22.7. The van der Waals surface area contributed by atoms with E-state index >= 15 is 0 Å². The number of methoxy groups -OCH3 is 2. The minimum Gasteiger partial charge on any atom is -0.496 e. The second kappa shape index (κ2) is 7.78. The summed E-state index contributed by atoms with van der Waals surface area (Å²) >= 11 is 0. The quantitative estimate of drug-likeness (QED) is 0.799. The standard InChI is InChI=1S/C17H27NO3/c1-5-21-16-9-15(10-16)18-12(2)13-6-7-17(20-4)14(8-13)11-19-3/h6-8,12,15-16,18H,5,9-11H2,1-4H3. The van der Waals surface area contributed by atoms with Crippen LogP contribution in [0.5, 0.6) is 5.75 Å². The third-order valence-corrected chi connectivity index (χ3v) is 4.09. The predicted molar refractivity (Wildman–Crippen MR) is 83.7 cm³/mol. The Labute approximate surface area is 127 Å². The highest BCUT2D eigenvalue weighted by molar-refractivity contribution is 5.38. The second-order valence-electron chi connectivity index (χ2n) is 5.64. The summed E-state index contributed by atoms with van der Waals surface area (Å²) in [5.41, 5.74) is 2.36. The molecule has 1 fully saturated rings. The van der Waals surface area contributed by atoms with Gasteiger partial charge in [0.05, 0.1) is 19.8 Å². The Morgan fingerprint density at radius 1 is 1.29 bits per heavy atom. The van der Waals surface area contributed by atoms with E-state index < -0.39 is 0 Å². The second-order valence-corrected chi connectivity index (χ2v) is 5.64. The van der Waals surface area contributed by atoms with Crippen molar-refractivity contribution in [2.24, 2.45) is 0 Å². The van der Waals surface area contributed by atoms with Crippen molar-refractivity contribution in [2.45, 2.75) is 51.5 Å². The maximum Gasteiger partial charge on any atom is 0.124 e. The van der Waals surface area contributed by atoms with Crippen LogP contribution in [-0.4, -0.2) is 33.0 Å². The van der Waals surface area contributed by atoms with E-state index in [1.54, 1.807) is 14.2 Å². The van der Waals surface area contributed by atoms with Crippen molar-refractivity contribution in [3.05, 3.63) is 29.3 Å². The maximum atomic E-state index is 5.60. The first-order valence-corrected chi connectivity index (χ1v) is 7.71. The van der Waals surface area contributed by atoms with Crippen LogP contribution in [0, 0.1) is 0 Å². The van der Waals surface area contributed by atoms with Crippen molar-refractivity contribution in [2.75, 3.05) is 20.8 Å². The first-order chi connectivity index (χ1) is 10.2. The summed E-state index contributed by atoms with van der Waals surface area (Å²) in [6, 6.07) is 7.18. The monoisotopic (exact) mass is 293 g/mol.